The molecular weight excluding hydrogens is 414 g/mol. The molecule has 1 aliphatic carbocycles. The van der Waals surface area contributed by atoms with Gasteiger partial charge in [0.15, 0.2) is 0 Å². The maximum Gasteiger partial charge on any atom is 0.216 e. The summed E-state index contributed by atoms with van der Waals surface area (Å²) < 4.78 is 28.5. The molecule has 0 aromatic carbocycles. The average molecular weight is 440 g/mol. The van der Waals surface area contributed by atoms with E-state index in [1.54, 1.807) is 10.5 Å². The van der Waals surface area contributed by atoms with Crippen molar-refractivity contribution < 1.29 is 8.42 Å². The van der Waals surface area contributed by atoms with Crippen molar-refractivity contribution in [3.63, 3.8) is 0 Å². The Morgan fingerprint density at radius 1 is 1.23 bits per heavy atom. The molecule has 1 atom stereocenters. The molecule has 162 valence electrons. The van der Waals surface area contributed by atoms with Crippen LogP contribution in [0.15, 0.2) is 31.0 Å². The van der Waals surface area contributed by atoms with Gasteiger partial charge < -0.3 is 4.98 Å². The average Bonchev–Trinajstić information content (AvgIpc) is 3.34. The first kappa shape index (κ1) is 20.2. The van der Waals surface area contributed by atoms with Gasteiger partial charge in [0.1, 0.15) is 12.0 Å². The molecule has 0 radical (unpaired) electrons. The minimum absolute atomic E-state index is 0.0427. The highest BCUT2D eigenvalue weighted by Gasteiger charge is 2.41. The van der Waals surface area contributed by atoms with Crippen molar-refractivity contribution in [1.82, 2.24) is 29.0 Å². The second-order valence-electron chi connectivity index (χ2n) is 8.51. The third kappa shape index (κ3) is 3.95. The second-order valence-corrected chi connectivity index (χ2v) is 10.7. The quantitative estimate of drug-likeness (QED) is 0.604. The summed E-state index contributed by atoms with van der Waals surface area (Å²) in [7, 11) is -3.09. The minimum Gasteiger partial charge on any atom is -0.346 e. The molecule has 2 fully saturated rings. The van der Waals surface area contributed by atoms with E-state index in [-0.39, 0.29) is 11.3 Å². The van der Waals surface area contributed by atoms with Crippen LogP contribution in [-0.2, 0) is 10.0 Å². The van der Waals surface area contributed by atoms with E-state index in [4.69, 9.17) is 0 Å². The van der Waals surface area contributed by atoms with Gasteiger partial charge >= 0.3 is 0 Å². The van der Waals surface area contributed by atoms with Crippen molar-refractivity contribution in [3.05, 3.63) is 31.0 Å². The summed E-state index contributed by atoms with van der Waals surface area (Å²) in [5.41, 5.74) is 2.48. The summed E-state index contributed by atoms with van der Waals surface area (Å²) in [4.78, 5) is 11.7. The SMILES string of the molecule is N#CCC(CC1CCN(S(=O)(=O)C2CC2)CC1)n1cc(-c2ncnc3[nH]ccc23)cn1. The Morgan fingerprint density at radius 2 is 2.03 bits per heavy atom. The van der Waals surface area contributed by atoms with Crippen LogP contribution in [0.2, 0.25) is 0 Å². The lowest BCUT2D eigenvalue weighted by Gasteiger charge is -2.32. The van der Waals surface area contributed by atoms with Gasteiger partial charge in [-0.3, -0.25) is 4.68 Å². The molecule has 1 aliphatic heterocycles. The van der Waals surface area contributed by atoms with E-state index in [1.165, 1.54) is 6.33 Å². The highest BCUT2D eigenvalue weighted by molar-refractivity contribution is 7.90. The number of hydrogen-bond acceptors (Lipinski definition) is 6. The molecule has 9 nitrogen and oxygen atoms in total. The topological polar surface area (TPSA) is 121 Å². The van der Waals surface area contributed by atoms with Crippen molar-refractivity contribution in [2.75, 3.05) is 13.1 Å². The minimum atomic E-state index is -3.09. The Kier molecular flexibility index (Phi) is 5.24. The zero-order chi connectivity index (χ0) is 21.4. The van der Waals surface area contributed by atoms with E-state index in [0.29, 0.717) is 25.4 Å². The van der Waals surface area contributed by atoms with E-state index in [0.717, 1.165) is 54.4 Å². The Bertz CT molecular complexity index is 1210. The van der Waals surface area contributed by atoms with Crippen LogP contribution in [0.25, 0.3) is 22.3 Å². The number of fused-ring (bicyclic) bond motifs is 1. The predicted octanol–water partition coefficient (Wildman–Crippen LogP) is 2.87. The molecule has 1 saturated carbocycles. The van der Waals surface area contributed by atoms with E-state index < -0.39 is 10.0 Å². The Hall–Kier alpha value is -2.77. The largest absolute Gasteiger partial charge is 0.346 e. The van der Waals surface area contributed by atoms with Crippen molar-refractivity contribution in [2.45, 2.75) is 49.8 Å². The van der Waals surface area contributed by atoms with E-state index in [2.05, 4.69) is 26.1 Å². The normalized spacial score (nSPS) is 19.5. The number of sulfonamides is 1. The van der Waals surface area contributed by atoms with Gasteiger partial charge in [0.05, 0.1) is 35.7 Å². The fourth-order valence-corrected chi connectivity index (χ4v) is 6.39. The Labute approximate surface area is 181 Å². The van der Waals surface area contributed by atoms with Crippen LogP contribution in [0.4, 0.5) is 0 Å². The van der Waals surface area contributed by atoms with Crippen molar-refractivity contribution in [1.29, 1.82) is 5.26 Å². The molecule has 0 spiro atoms. The number of rotatable bonds is 7. The molecule has 0 amide bonds. The van der Waals surface area contributed by atoms with E-state index >= 15 is 0 Å². The summed E-state index contributed by atoms with van der Waals surface area (Å²) in [5.74, 6) is 0.382. The van der Waals surface area contributed by atoms with Crippen LogP contribution in [0.1, 0.15) is 44.6 Å². The lowest BCUT2D eigenvalue weighted by molar-refractivity contribution is 0.233. The maximum atomic E-state index is 12.5. The maximum absolute atomic E-state index is 12.5. The fraction of sp³-hybridized carbons (Fsp3) is 0.524. The third-order valence-corrected chi connectivity index (χ3v) is 8.81. The van der Waals surface area contributed by atoms with Gasteiger partial charge in [-0.05, 0) is 44.1 Å². The van der Waals surface area contributed by atoms with Gasteiger partial charge in [-0.25, -0.2) is 22.7 Å². The van der Waals surface area contributed by atoms with Gasteiger partial charge in [-0.15, -0.1) is 0 Å². The predicted molar refractivity (Wildman–Crippen MR) is 115 cm³/mol. The summed E-state index contributed by atoms with van der Waals surface area (Å²) >= 11 is 0. The molecule has 2 aliphatic rings. The molecule has 0 bridgehead atoms. The first-order valence-corrected chi connectivity index (χ1v) is 12.2. The van der Waals surface area contributed by atoms with E-state index in [9.17, 15) is 13.7 Å². The van der Waals surface area contributed by atoms with Gasteiger partial charge in [-0.1, -0.05) is 0 Å². The van der Waals surface area contributed by atoms with Crippen LogP contribution >= 0.6 is 0 Å². The van der Waals surface area contributed by atoms with Crippen molar-refractivity contribution in [3.8, 4) is 17.3 Å². The highest BCUT2D eigenvalue weighted by Crippen LogP contribution is 2.35. The number of nitrogens with one attached hydrogen (secondary N) is 1. The van der Waals surface area contributed by atoms with Gasteiger partial charge in [0.2, 0.25) is 10.0 Å². The monoisotopic (exact) mass is 439 g/mol. The Morgan fingerprint density at radius 3 is 2.77 bits per heavy atom. The lowest BCUT2D eigenvalue weighted by Crippen LogP contribution is -2.40. The smallest absolute Gasteiger partial charge is 0.216 e. The van der Waals surface area contributed by atoms with Gasteiger partial charge in [0.25, 0.3) is 0 Å². The first-order chi connectivity index (χ1) is 15.1. The summed E-state index contributed by atoms with van der Waals surface area (Å²) in [6.07, 6.45) is 11.5. The van der Waals surface area contributed by atoms with Crippen LogP contribution in [0.3, 0.4) is 0 Å². The van der Waals surface area contributed by atoms with Crippen molar-refractivity contribution >= 4 is 21.1 Å². The third-order valence-electron chi connectivity index (χ3n) is 6.41. The lowest BCUT2D eigenvalue weighted by atomic mass is 9.90. The number of aromatic amines is 1. The molecular formula is C21H25N7O2S. The molecule has 1 saturated heterocycles. The number of nitriles is 1. The van der Waals surface area contributed by atoms with Gasteiger partial charge in [-0.2, -0.15) is 10.4 Å². The standard InChI is InChI=1S/C21H25N7O2S/c22-7-3-17(11-15-5-9-27(10-6-15)31(29,30)18-1-2-18)28-13-16(12-26-28)20-19-4-8-23-21(19)25-14-24-20/h4,8,12-15,17-18H,1-3,5-6,9-11H2,(H,23,24,25). The molecule has 4 heterocycles. The van der Waals surface area contributed by atoms with Crippen LogP contribution < -0.4 is 0 Å². The molecule has 10 heteroatoms. The molecule has 3 aromatic rings. The van der Waals surface area contributed by atoms with Crippen LogP contribution in [-0.4, -0.2) is 55.8 Å². The van der Waals surface area contributed by atoms with Crippen LogP contribution in [0.5, 0.6) is 0 Å². The highest BCUT2D eigenvalue weighted by atomic mass is 32.2. The van der Waals surface area contributed by atoms with Crippen LogP contribution in [0, 0.1) is 17.2 Å². The van der Waals surface area contributed by atoms with Gasteiger partial charge in [0, 0.05) is 36.4 Å². The second kappa shape index (κ2) is 8.05. The molecule has 1 N–H and O–H groups in total. The zero-order valence-corrected chi connectivity index (χ0v) is 18.0. The zero-order valence-electron chi connectivity index (χ0n) is 17.2. The molecule has 5 rings (SSSR count). The molecule has 3 aromatic heterocycles. The summed E-state index contributed by atoms with van der Waals surface area (Å²) in [6.45, 7) is 1.17. The summed E-state index contributed by atoms with van der Waals surface area (Å²) in [6, 6.07) is 4.19. The number of H-pyrrole nitrogens is 1. The summed E-state index contributed by atoms with van der Waals surface area (Å²) in [5, 5.41) is 14.7. The number of aromatic nitrogens is 5. The Balaban J connectivity index is 1.29. The number of nitrogens with zero attached hydrogens (tertiary/aromatic N) is 6. The molecule has 31 heavy (non-hydrogen) atoms. The van der Waals surface area contributed by atoms with Crippen molar-refractivity contribution in [2.24, 2.45) is 5.92 Å². The fourth-order valence-electron chi connectivity index (χ4n) is 4.51. The number of hydrogen-bond donors (Lipinski definition) is 1. The van der Waals surface area contributed by atoms with E-state index in [1.807, 2.05) is 23.1 Å². The molecule has 1 unspecified atom stereocenters. The first-order valence-electron chi connectivity index (χ1n) is 10.7. The number of piperidine rings is 1.